The summed E-state index contributed by atoms with van der Waals surface area (Å²) in [5, 5.41) is 2.86. The molecule has 1 saturated heterocycles. The zero-order valence-corrected chi connectivity index (χ0v) is 15.3. The summed E-state index contributed by atoms with van der Waals surface area (Å²) in [6.45, 7) is 1.30. The van der Waals surface area contributed by atoms with E-state index in [1.807, 2.05) is 24.3 Å². The molecule has 1 atom stereocenters. The number of nitrogens with one attached hydrogen (secondary N) is 1. The van der Waals surface area contributed by atoms with E-state index in [4.69, 9.17) is 4.74 Å². The van der Waals surface area contributed by atoms with Crippen molar-refractivity contribution in [2.75, 3.05) is 33.4 Å². The van der Waals surface area contributed by atoms with Crippen molar-refractivity contribution < 1.29 is 18.7 Å². The Balaban J connectivity index is 1.72. The first kappa shape index (κ1) is 19.0. The third-order valence-corrected chi connectivity index (χ3v) is 4.73. The summed E-state index contributed by atoms with van der Waals surface area (Å²) in [7, 11) is 1.48. The van der Waals surface area contributed by atoms with E-state index >= 15 is 0 Å². The van der Waals surface area contributed by atoms with E-state index in [9.17, 15) is 14.0 Å². The monoisotopic (exact) mass is 370 g/mol. The first-order valence-corrected chi connectivity index (χ1v) is 8.96. The number of methoxy groups -OCH3 is 1. The highest BCUT2D eigenvalue weighted by molar-refractivity contribution is 5.82. The molecule has 1 unspecified atom stereocenters. The van der Waals surface area contributed by atoms with Gasteiger partial charge < -0.3 is 15.0 Å². The van der Waals surface area contributed by atoms with Crippen LogP contribution in [0.1, 0.15) is 5.56 Å². The Hall–Kier alpha value is -2.73. The van der Waals surface area contributed by atoms with Crippen molar-refractivity contribution in [3.05, 3.63) is 59.9 Å². The maximum Gasteiger partial charge on any atom is 0.248 e. The van der Waals surface area contributed by atoms with Gasteiger partial charge in [0.2, 0.25) is 11.8 Å². The maximum atomic E-state index is 13.9. The summed E-state index contributed by atoms with van der Waals surface area (Å²) >= 11 is 0. The molecule has 3 rings (SSSR count). The predicted octanol–water partition coefficient (Wildman–Crippen LogP) is 2.26. The summed E-state index contributed by atoms with van der Waals surface area (Å²) in [6.07, 6.45) is 0.514. The molecule has 1 aliphatic heterocycles. The third-order valence-electron chi connectivity index (χ3n) is 4.73. The Morgan fingerprint density at radius 1 is 1.22 bits per heavy atom. The molecule has 1 heterocycles. The molecule has 5 nitrogen and oxygen atoms in total. The molecule has 0 bridgehead atoms. The lowest BCUT2D eigenvalue weighted by Gasteiger charge is -2.23. The standard InChI is InChI=1S/C21H23FN2O3/c1-27-14-20(25)24-11-10-23-21(26)17(13-24)12-15-6-8-16(9-7-15)18-4-2-3-5-19(18)22/h2-9,17H,10-14H2,1H3,(H,23,26). The van der Waals surface area contributed by atoms with E-state index < -0.39 is 0 Å². The van der Waals surface area contributed by atoms with Crippen LogP contribution in [0.15, 0.2) is 48.5 Å². The maximum absolute atomic E-state index is 13.9. The van der Waals surface area contributed by atoms with Crippen molar-refractivity contribution >= 4 is 11.8 Å². The molecular weight excluding hydrogens is 347 g/mol. The molecule has 2 amide bonds. The minimum absolute atomic E-state index is 0.0122. The van der Waals surface area contributed by atoms with Crippen LogP contribution in [0.3, 0.4) is 0 Å². The molecule has 27 heavy (non-hydrogen) atoms. The van der Waals surface area contributed by atoms with Gasteiger partial charge in [-0.2, -0.15) is 0 Å². The lowest BCUT2D eigenvalue weighted by Crippen LogP contribution is -2.39. The molecule has 0 saturated carbocycles. The van der Waals surface area contributed by atoms with E-state index in [0.29, 0.717) is 31.6 Å². The molecule has 2 aromatic rings. The van der Waals surface area contributed by atoms with Gasteiger partial charge in [-0.15, -0.1) is 0 Å². The number of carbonyl (C=O) groups is 2. The molecule has 2 aromatic carbocycles. The topological polar surface area (TPSA) is 58.6 Å². The summed E-state index contributed by atoms with van der Waals surface area (Å²) in [4.78, 5) is 26.1. The first-order chi connectivity index (χ1) is 13.1. The molecule has 0 radical (unpaired) electrons. The van der Waals surface area contributed by atoms with Gasteiger partial charge in [0.25, 0.3) is 0 Å². The predicted molar refractivity (Wildman–Crippen MR) is 100 cm³/mol. The molecule has 6 heteroatoms. The van der Waals surface area contributed by atoms with Crippen molar-refractivity contribution in [1.82, 2.24) is 10.2 Å². The fraction of sp³-hybridized carbons (Fsp3) is 0.333. The minimum atomic E-state index is -0.326. The summed E-state index contributed by atoms with van der Waals surface area (Å²) in [5.74, 6) is -0.761. The molecule has 1 fully saturated rings. The number of halogens is 1. The number of carbonyl (C=O) groups excluding carboxylic acids is 2. The highest BCUT2D eigenvalue weighted by Gasteiger charge is 2.27. The average molecular weight is 370 g/mol. The van der Waals surface area contributed by atoms with Crippen LogP contribution >= 0.6 is 0 Å². The van der Waals surface area contributed by atoms with Gasteiger partial charge in [0.05, 0.1) is 5.92 Å². The van der Waals surface area contributed by atoms with E-state index in [0.717, 1.165) is 11.1 Å². The molecule has 1 N–H and O–H groups in total. The Labute approximate surface area is 158 Å². The fourth-order valence-corrected chi connectivity index (χ4v) is 3.30. The Morgan fingerprint density at radius 3 is 2.67 bits per heavy atom. The van der Waals surface area contributed by atoms with Gasteiger partial charge in [0.1, 0.15) is 12.4 Å². The molecule has 1 aliphatic rings. The van der Waals surface area contributed by atoms with Gasteiger partial charge in [0.15, 0.2) is 0 Å². The van der Waals surface area contributed by atoms with E-state index in [1.165, 1.54) is 13.2 Å². The van der Waals surface area contributed by atoms with Crippen LogP contribution in [0.4, 0.5) is 4.39 Å². The molecule has 0 aliphatic carbocycles. The average Bonchev–Trinajstić information content (AvgIpc) is 2.85. The lowest BCUT2D eigenvalue weighted by molar-refractivity contribution is -0.135. The number of nitrogens with zero attached hydrogens (tertiary/aromatic N) is 1. The van der Waals surface area contributed by atoms with Gasteiger partial charge in [-0.1, -0.05) is 42.5 Å². The third kappa shape index (κ3) is 4.71. The van der Waals surface area contributed by atoms with Crippen molar-refractivity contribution in [3.8, 4) is 11.1 Å². The van der Waals surface area contributed by atoms with Crippen molar-refractivity contribution in [2.24, 2.45) is 5.92 Å². The molecular formula is C21H23FN2O3. The van der Waals surface area contributed by atoms with Crippen LogP contribution in [-0.2, 0) is 20.7 Å². The van der Waals surface area contributed by atoms with Crippen molar-refractivity contribution in [3.63, 3.8) is 0 Å². The Kier molecular flexibility index (Phi) is 6.19. The second-order valence-corrected chi connectivity index (χ2v) is 6.64. The zero-order chi connectivity index (χ0) is 19.2. The Morgan fingerprint density at radius 2 is 1.96 bits per heavy atom. The van der Waals surface area contributed by atoms with Crippen LogP contribution in [0, 0.1) is 11.7 Å². The summed E-state index contributed by atoms with van der Waals surface area (Å²) in [6, 6.07) is 14.2. The largest absolute Gasteiger partial charge is 0.375 e. The summed E-state index contributed by atoms with van der Waals surface area (Å²) < 4.78 is 18.8. The number of rotatable bonds is 5. The second-order valence-electron chi connectivity index (χ2n) is 6.64. The van der Waals surface area contributed by atoms with Crippen LogP contribution in [-0.4, -0.2) is 50.1 Å². The Bertz CT molecular complexity index is 807. The molecule has 0 spiro atoms. The highest BCUT2D eigenvalue weighted by Crippen LogP contribution is 2.23. The number of benzene rings is 2. The fourth-order valence-electron chi connectivity index (χ4n) is 3.30. The minimum Gasteiger partial charge on any atom is -0.375 e. The van der Waals surface area contributed by atoms with Crippen LogP contribution < -0.4 is 5.32 Å². The highest BCUT2D eigenvalue weighted by atomic mass is 19.1. The SMILES string of the molecule is COCC(=O)N1CCNC(=O)C(Cc2ccc(-c3ccccc3F)cc2)C1. The van der Waals surface area contributed by atoms with E-state index in [1.54, 1.807) is 23.1 Å². The van der Waals surface area contributed by atoms with E-state index in [2.05, 4.69) is 5.32 Å². The quantitative estimate of drug-likeness (QED) is 0.878. The van der Waals surface area contributed by atoms with Crippen molar-refractivity contribution in [1.29, 1.82) is 0 Å². The number of hydrogen-bond acceptors (Lipinski definition) is 3. The van der Waals surface area contributed by atoms with Crippen LogP contribution in [0.2, 0.25) is 0 Å². The molecule has 142 valence electrons. The first-order valence-electron chi connectivity index (χ1n) is 8.96. The number of amides is 2. The zero-order valence-electron chi connectivity index (χ0n) is 15.3. The van der Waals surface area contributed by atoms with E-state index in [-0.39, 0.29) is 30.2 Å². The lowest BCUT2D eigenvalue weighted by atomic mass is 9.96. The summed E-state index contributed by atoms with van der Waals surface area (Å²) in [5.41, 5.74) is 2.31. The molecule has 0 aromatic heterocycles. The van der Waals surface area contributed by atoms with Gasteiger partial charge in [-0.25, -0.2) is 4.39 Å². The van der Waals surface area contributed by atoms with Gasteiger partial charge >= 0.3 is 0 Å². The normalized spacial score (nSPS) is 17.3. The van der Waals surface area contributed by atoms with Crippen molar-refractivity contribution in [2.45, 2.75) is 6.42 Å². The van der Waals surface area contributed by atoms with Gasteiger partial charge in [-0.3, -0.25) is 9.59 Å². The van der Waals surface area contributed by atoms with Gasteiger partial charge in [-0.05, 0) is 23.6 Å². The number of hydrogen-bond donors (Lipinski definition) is 1. The second kappa shape index (κ2) is 8.77. The number of ether oxygens (including phenoxy) is 1. The van der Waals surface area contributed by atoms with Crippen LogP contribution in [0.25, 0.3) is 11.1 Å². The van der Waals surface area contributed by atoms with Gasteiger partial charge in [0, 0.05) is 32.3 Å². The smallest absolute Gasteiger partial charge is 0.248 e. The van der Waals surface area contributed by atoms with Crippen LogP contribution in [0.5, 0.6) is 0 Å².